The van der Waals surface area contributed by atoms with Gasteiger partial charge >= 0.3 is 0 Å². The van der Waals surface area contributed by atoms with E-state index in [1.807, 2.05) is 121 Å². The third-order valence-electron chi connectivity index (χ3n) is 9.76. The smallest absolute Gasteiger partial charge is 0.283 e. The highest BCUT2D eigenvalue weighted by Gasteiger charge is 2.37. The summed E-state index contributed by atoms with van der Waals surface area (Å²) in [4.78, 5) is 29.6. The Labute approximate surface area is 322 Å². The number of carbonyl (C=O) groups is 2. The van der Waals surface area contributed by atoms with E-state index >= 15 is 0 Å². The van der Waals surface area contributed by atoms with E-state index in [0.29, 0.717) is 37.1 Å². The molecule has 5 aromatic carbocycles. The first kappa shape index (κ1) is 38.9. The first-order valence-electron chi connectivity index (χ1n) is 18.9. The van der Waals surface area contributed by atoms with Crippen LogP contribution in [0.25, 0.3) is 22.4 Å². The van der Waals surface area contributed by atoms with Crippen molar-refractivity contribution in [2.45, 2.75) is 70.9 Å². The summed E-state index contributed by atoms with van der Waals surface area (Å²) in [6.45, 7) is 5.09. The van der Waals surface area contributed by atoms with Crippen molar-refractivity contribution in [3.63, 3.8) is 0 Å². The average molecular weight is 738 g/mol. The van der Waals surface area contributed by atoms with Crippen molar-refractivity contribution in [2.24, 2.45) is 0 Å². The summed E-state index contributed by atoms with van der Waals surface area (Å²) in [5.41, 5.74) is 7.05. The zero-order chi connectivity index (χ0) is 38.8. The van der Waals surface area contributed by atoms with Gasteiger partial charge in [-0.05, 0) is 77.4 Å². The lowest BCUT2D eigenvalue weighted by molar-refractivity contribution is -0.200. The first-order chi connectivity index (χ1) is 26.6. The zero-order valence-electron chi connectivity index (χ0n) is 31.4. The fraction of sp³-hybridized carbons (Fsp3) is 0.234. The highest BCUT2D eigenvalue weighted by molar-refractivity contribution is 6.12. The largest absolute Gasteiger partial charge is 0.358 e. The van der Waals surface area contributed by atoms with Gasteiger partial charge < -0.3 is 25.0 Å². The Bertz CT molecular complexity index is 2110. The number of carbonyl (C=O) groups excluding carboxylic acids is 2. The summed E-state index contributed by atoms with van der Waals surface area (Å²) in [5.74, 6) is -3.95. The Kier molecular flexibility index (Phi) is 12.7. The van der Waals surface area contributed by atoms with Crippen LogP contribution in [0.2, 0.25) is 0 Å². The van der Waals surface area contributed by atoms with Gasteiger partial charge in [-0.3, -0.25) is 9.59 Å². The third-order valence-corrected chi connectivity index (χ3v) is 9.76. The Balaban J connectivity index is 1.27. The Morgan fingerprint density at radius 1 is 0.691 bits per heavy atom. The van der Waals surface area contributed by atoms with E-state index in [-0.39, 0.29) is 37.2 Å². The van der Waals surface area contributed by atoms with Crippen LogP contribution in [-0.4, -0.2) is 37.3 Å². The number of halogens is 1. The summed E-state index contributed by atoms with van der Waals surface area (Å²) in [7, 11) is 0. The molecule has 0 aliphatic rings. The molecular formula is C47H48FN3O4. The summed E-state index contributed by atoms with van der Waals surface area (Å²) in [6.07, 6.45) is 1.44. The van der Waals surface area contributed by atoms with Gasteiger partial charge in [-0.1, -0.05) is 129 Å². The van der Waals surface area contributed by atoms with Gasteiger partial charge in [0.25, 0.3) is 11.8 Å². The number of hydrogen-bond donors (Lipinski definition) is 3. The van der Waals surface area contributed by atoms with Crippen LogP contribution in [0.1, 0.15) is 72.6 Å². The molecule has 0 aliphatic carbocycles. The molecule has 1 heterocycles. The highest BCUT2D eigenvalue weighted by atomic mass is 19.1. The molecular weight excluding hydrogens is 690 g/mol. The minimum Gasteiger partial charge on any atom is -0.358 e. The predicted molar refractivity (Wildman–Crippen MR) is 217 cm³/mol. The maximum Gasteiger partial charge on any atom is 0.283 e. The molecule has 0 radical (unpaired) electrons. The first-order valence-corrected chi connectivity index (χ1v) is 18.9. The van der Waals surface area contributed by atoms with Gasteiger partial charge in [0, 0.05) is 43.0 Å². The van der Waals surface area contributed by atoms with Gasteiger partial charge in [-0.2, -0.15) is 0 Å². The van der Waals surface area contributed by atoms with Crippen LogP contribution < -0.4 is 5.32 Å². The summed E-state index contributed by atoms with van der Waals surface area (Å²) in [5, 5.41) is 25.5. The number of para-hydroxylation sites is 1. The second-order valence-electron chi connectivity index (χ2n) is 14.2. The van der Waals surface area contributed by atoms with Gasteiger partial charge in [0.15, 0.2) is 0 Å². The van der Waals surface area contributed by atoms with Gasteiger partial charge in [0.2, 0.25) is 5.79 Å². The molecule has 0 aliphatic heterocycles. The average Bonchev–Trinajstić information content (AvgIpc) is 3.54. The summed E-state index contributed by atoms with van der Waals surface area (Å²) < 4.78 is 16.4. The Hall–Kier alpha value is -5.83. The lowest BCUT2D eigenvalue weighted by Crippen LogP contribution is -2.48. The van der Waals surface area contributed by atoms with Crippen LogP contribution in [0.3, 0.4) is 0 Å². The Morgan fingerprint density at radius 2 is 1.22 bits per heavy atom. The van der Waals surface area contributed by atoms with Crippen molar-refractivity contribution in [1.82, 2.24) is 9.47 Å². The molecule has 1 aromatic heterocycles. The van der Waals surface area contributed by atoms with E-state index < -0.39 is 11.7 Å². The minimum atomic E-state index is -2.55. The zero-order valence-corrected chi connectivity index (χ0v) is 31.4. The molecule has 282 valence electrons. The van der Waals surface area contributed by atoms with Crippen molar-refractivity contribution < 1.29 is 24.2 Å². The molecule has 55 heavy (non-hydrogen) atoms. The minimum absolute atomic E-state index is 0.0615. The van der Waals surface area contributed by atoms with Gasteiger partial charge in [0.1, 0.15) is 5.82 Å². The number of rotatable bonds is 16. The van der Waals surface area contributed by atoms with Crippen LogP contribution in [0.15, 0.2) is 146 Å². The van der Waals surface area contributed by atoms with Crippen molar-refractivity contribution in [3.8, 4) is 22.4 Å². The number of amides is 2. The second kappa shape index (κ2) is 18.0. The molecule has 0 saturated carbocycles. The van der Waals surface area contributed by atoms with Crippen molar-refractivity contribution >= 4 is 17.5 Å². The lowest BCUT2D eigenvalue weighted by atomic mass is 9.94. The fourth-order valence-corrected chi connectivity index (χ4v) is 7.19. The maximum absolute atomic E-state index is 14.3. The molecule has 2 amide bonds. The molecule has 0 spiro atoms. The molecule has 0 saturated heterocycles. The number of aliphatic hydroxyl groups is 2. The van der Waals surface area contributed by atoms with E-state index in [9.17, 15) is 24.2 Å². The number of hydrogen-bond acceptors (Lipinski definition) is 4. The summed E-state index contributed by atoms with van der Waals surface area (Å²) >= 11 is 0. The fourth-order valence-electron chi connectivity index (χ4n) is 7.19. The standard InChI is InChI=1S/C47H48FN3O4/c1-34(2)43-42(45(52)49-40-24-14-6-15-25-40)41(37-22-12-5-13-23-37)44(38-26-28-39(48)29-27-38)51(43)31-17-7-16-30-47(54,55)46(53)50(32-35-18-8-3-9-19-35)33-36-20-10-4-11-21-36/h3-6,8-15,18-29,34,54-55H,7,16-17,30-33H2,1-2H3,(H,49,52). The van der Waals surface area contributed by atoms with Crippen LogP contribution in [0.4, 0.5) is 10.1 Å². The number of unbranched alkanes of at least 4 members (excludes halogenated alkanes) is 2. The number of nitrogens with zero attached hydrogens (tertiary/aromatic N) is 2. The van der Waals surface area contributed by atoms with E-state index in [1.165, 1.54) is 17.0 Å². The van der Waals surface area contributed by atoms with Gasteiger partial charge in [-0.25, -0.2) is 4.39 Å². The summed E-state index contributed by atoms with van der Waals surface area (Å²) in [6, 6.07) is 44.5. The number of benzene rings is 5. The van der Waals surface area contributed by atoms with E-state index in [2.05, 4.69) is 23.7 Å². The van der Waals surface area contributed by atoms with Crippen LogP contribution in [-0.2, 0) is 24.4 Å². The highest BCUT2D eigenvalue weighted by Crippen LogP contribution is 2.42. The number of aromatic nitrogens is 1. The quantitative estimate of drug-likeness (QED) is 0.0681. The molecule has 8 heteroatoms. The second-order valence-corrected chi connectivity index (χ2v) is 14.2. The van der Waals surface area contributed by atoms with E-state index in [1.54, 1.807) is 12.1 Å². The topological polar surface area (TPSA) is 94.8 Å². The van der Waals surface area contributed by atoms with Crippen LogP contribution >= 0.6 is 0 Å². The lowest BCUT2D eigenvalue weighted by Gasteiger charge is -2.30. The van der Waals surface area contributed by atoms with Crippen molar-refractivity contribution in [1.29, 1.82) is 0 Å². The molecule has 0 unspecified atom stereocenters. The molecule has 6 aromatic rings. The molecule has 3 N–H and O–H groups in total. The van der Waals surface area contributed by atoms with Crippen LogP contribution in [0, 0.1) is 5.82 Å². The van der Waals surface area contributed by atoms with E-state index in [0.717, 1.165) is 39.2 Å². The van der Waals surface area contributed by atoms with E-state index in [4.69, 9.17) is 0 Å². The molecule has 0 atom stereocenters. The monoisotopic (exact) mass is 737 g/mol. The number of anilines is 1. The molecule has 7 nitrogen and oxygen atoms in total. The van der Waals surface area contributed by atoms with Crippen LogP contribution in [0.5, 0.6) is 0 Å². The molecule has 0 fully saturated rings. The Morgan fingerprint density at radius 3 is 1.76 bits per heavy atom. The maximum atomic E-state index is 14.3. The molecule has 6 rings (SSSR count). The van der Waals surface area contributed by atoms with Crippen molar-refractivity contribution in [3.05, 3.63) is 174 Å². The molecule has 0 bridgehead atoms. The third kappa shape index (κ3) is 9.65. The normalized spacial score (nSPS) is 11.5. The van der Waals surface area contributed by atoms with Crippen molar-refractivity contribution in [2.75, 3.05) is 5.32 Å². The SMILES string of the molecule is CC(C)c1c(C(=O)Nc2ccccc2)c(-c2ccccc2)c(-c2ccc(F)cc2)n1CCCCCC(O)(O)C(=O)N(Cc1ccccc1)Cc1ccccc1. The number of nitrogens with one attached hydrogen (secondary N) is 1. The van der Waals surface area contributed by atoms with Gasteiger partial charge in [0.05, 0.1) is 11.3 Å². The predicted octanol–water partition coefficient (Wildman–Crippen LogP) is 9.81. The van der Waals surface area contributed by atoms with Gasteiger partial charge in [-0.15, -0.1) is 0 Å².